The normalized spacial score (nSPS) is 18.0. The average Bonchev–Trinajstić information content (AvgIpc) is 2.57. The molecular formula is C20H32F2N2O. The van der Waals surface area contributed by atoms with Gasteiger partial charge in [0.05, 0.1) is 6.61 Å². The van der Waals surface area contributed by atoms with Gasteiger partial charge in [0.1, 0.15) is 0 Å². The Hall–Kier alpha value is -1.04. The molecule has 3 nitrogen and oxygen atoms in total. The van der Waals surface area contributed by atoms with Crippen LogP contribution >= 0.6 is 0 Å². The molecule has 142 valence electrons. The molecule has 0 bridgehead atoms. The van der Waals surface area contributed by atoms with Crippen molar-refractivity contribution in [3.63, 3.8) is 0 Å². The Balaban J connectivity index is 2.13. The van der Waals surface area contributed by atoms with Gasteiger partial charge in [-0.2, -0.15) is 0 Å². The van der Waals surface area contributed by atoms with Gasteiger partial charge in [-0.15, -0.1) is 0 Å². The van der Waals surface area contributed by atoms with Crippen molar-refractivity contribution in [3.8, 4) is 0 Å². The second-order valence-corrected chi connectivity index (χ2v) is 7.23. The van der Waals surface area contributed by atoms with Crippen LogP contribution in [0, 0.1) is 0 Å². The summed E-state index contributed by atoms with van der Waals surface area (Å²) in [6.07, 6.45) is 1.13. The quantitative estimate of drug-likeness (QED) is 0.674. The maximum atomic E-state index is 13.5. The van der Waals surface area contributed by atoms with E-state index in [1.165, 1.54) is 16.7 Å². The van der Waals surface area contributed by atoms with Crippen LogP contribution in [0.5, 0.6) is 0 Å². The molecule has 25 heavy (non-hydrogen) atoms. The number of benzene rings is 1. The molecule has 1 fully saturated rings. The van der Waals surface area contributed by atoms with E-state index in [-0.39, 0.29) is 18.8 Å². The number of hydrogen-bond donors (Lipinski definition) is 1. The summed E-state index contributed by atoms with van der Waals surface area (Å²) in [6.45, 7) is 5.88. The summed E-state index contributed by atoms with van der Waals surface area (Å²) >= 11 is 0. The van der Waals surface area contributed by atoms with Gasteiger partial charge in [0.15, 0.2) is 0 Å². The van der Waals surface area contributed by atoms with Crippen LogP contribution in [0.4, 0.5) is 8.78 Å². The summed E-state index contributed by atoms with van der Waals surface area (Å²) in [7, 11) is 4.11. The first-order valence-electron chi connectivity index (χ1n) is 9.34. The van der Waals surface area contributed by atoms with Crippen LogP contribution in [0.3, 0.4) is 0 Å². The molecule has 1 N–H and O–H groups in total. The van der Waals surface area contributed by atoms with Gasteiger partial charge in [0, 0.05) is 39.1 Å². The minimum atomic E-state index is -2.48. The van der Waals surface area contributed by atoms with Crippen molar-refractivity contribution in [2.75, 3.05) is 33.8 Å². The zero-order valence-electron chi connectivity index (χ0n) is 15.8. The molecule has 0 aromatic heterocycles. The van der Waals surface area contributed by atoms with E-state index < -0.39 is 5.92 Å². The summed E-state index contributed by atoms with van der Waals surface area (Å²) in [5.74, 6) is -2.25. The van der Waals surface area contributed by atoms with Gasteiger partial charge in [-0.05, 0) is 56.5 Å². The van der Waals surface area contributed by atoms with Gasteiger partial charge in [0.25, 0.3) is 0 Å². The van der Waals surface area contributed by atoms with Gasteiger partial charge in [-0.1, -0.05) is 18.2 Å². The van der Waals surface area contributed by atoms with Crippen LogP contribution in [0.2, 0.25) is 0 Å². The van der Waals surface area contributed by atoms with E-state index >= 15 is 0 Å². The number of alkyl halides is 2. The van der Waals surface area contributed by atoms with Crippen molar-refractivity contribution in [3.05, 3.63) is 34.9 Å². The highest BCUT2D eigenvalue weighted by Crippen LogP contribution is 2.42. The standard InChI is InChI=1S/C20H32F2N2O/c1-4-25-15-17-6-5-7-18(16-8-10-20(21,22)11-9-16)19(17)14-23-12-13-24(2)3/h5-7,16,23H,4,8-15H2,1-3H3. The maximum absolute atomic E-state index is 13.5. The fraction of sp³-hybridized carbons (Fsp3) is 0.700. The molecule has 0 aliphatic heterocycles. The zero-order chi connectivity index (χ0) is 18.3. The lowest BCUT2D eigenvalue weighted by atomic mass is 9.79. The van der Waals surface area contributed by atoms with Gasteiger partial charge in [0.2, 0.25) is 5.92 Å². The number of nitrogens with one attached hydrogen (secondary N) is 1. The second-order valence-electron chi connectivity index (χ2n) is 7.23. The molecule has 0 unspecified atom stereocenters. The summed E-state index contributed by atoms with van der Waals surface area (Å²) in [5, 5.41) is 3.50. The molecule has 0 saturated heterocycles. The highest BCUT2D eigenvalue weighted by Gasteiger charge is 2.36. The zero-order valence-corrected chi connectivity index (χ0v) is 15.8. The SMILES string of the molecule is CCOCc1cccc(C2CCC(F)(F)CC2)c1CNCCN(C)C. The fourth-order valence-corrected chi connectivity index (χ4v) is 3.47. The third-order valence-electron chi connectivity index (χ3n) is 4.97. The lowest BCUT2D eigenvalue weighted by molar-refractivity contribution is -0.0382. The predicted octanol–water partition coefficient (Wildman–Crippen LogP) is 4.17. The molecule has 0 amide bonds. The van der Waals surface area contributed by atoms with E-state index in [9.17, 15) is 8.78 Å². The molecule has 1 saturated carbocycles. The van der Waals surface area contributed by atoms with E-state index in [1.54, 1.807) is 0 Å². The van der Waals surface area contributed by atoms with Crippen LogP contribution in [-0.4, -0.2) is 44.6 Å². The van der Waals surface area contributed by atoms with Crippen LogP contribution in [-0.2, 0) is 17.9 Å². The van der Waals surface area contributed by atoms with Crippen LogP contribution < -0.4 is 5.32 Å². The minimum absolute atomic E-state index is 0.000846. The number of ether oxygens (including phenoxy) is 1. The topological polar surface area (TPSA) is 24.5 Å². The Morgan fingerprint density at radius 2 is 1.96 bits per heavy atom. The molecule has 5 heteroatoms. The first-order valence-corrected chi connectivity index (χ1v) is 9.34. The van der Waals surface area contributed by atoms with Gasteiger partial charge in [-0.25, -0.2) is 8.78 Å². The Labute approximate surface area is 150 Å². The summed E-state index contributed by atoms with van der Waals surface area (Å²) in [4.78, 5) is 2.14. The largest absolute Gasteiger partial charge is 0.377 e. The molecule has 0 spiro atoms. The smallest absolute Gasteiger partial charge is 0.248 e. The van der Waals surface area contributed by atoms with Crippen molar-refractivity contribution in [1.29, 1.82) is 0 Å². The number of hydrogen-bond acceptors (Lipinski definition) is 3. The fourth-order valence-electron chi connectivity index (χ4n) is 3.47. The van der Waals surface area contributed by atoms with Crippen molar-refractivity contribution in [1.82, 2.24) is 10.2 Å². The summed E-state index contributed by atoms with van der Waals surface area (Å²) < 4.78 is 32.7. The van der Waals surface area contributed by atoms with E-state index in [2.05, 4.69) is 36.4 Å². The van der Waals surface area contributed by atoms with Crippen molar-refractivity contribution < 1.29 is 13.5 Å². The third-order valence-corrected chi connectivity index (χ3v) is 4.97. The van der Waals surface area contributed by atoms with E-state index in [0.717, 1.165) is 19.6 Å². The molecule has 1 aromatic carbocycles. The van der Waals surface area contributed by atoms with Gasteiger partial charge in [-0.3, -0.25) is 0 Å². The lowest BCUT2D eigenvalue weighted by Crippen LogP contribution is -2.28. The van der Waals surface area contributed by atoms with E-state index in [1.807, 2.05) is 13.0 Å². The first-order chi connectivity index (χ1) is 11.9. The molecule has 1 aliphatic rings. The summed E-state index contributed by atoms with van der Waals surface area (Å²) in [6, 6.07) is 6.26. The van der Waals surface area contributed by atoms with Crippen LogP contribution in [0.15, 0.2) is 18.2 Å². The Morgan fingerprint density at radius 3 is 2.60 bits per heavy atom. The Bertz CT molecular complexity index is 524. The molecule has 0 radical (unpaired) electrons. The number of rotatable bonds is 9. The number of likely N-dealkylation sites (N-methyl/N-ethyl adjacent to an activating group) is 1. The predicted molar refractivity (Wildman–Crippen MR) is 98.2 cm³/mol. The van der Waals surface area contributed by atoms with Gasteiger partial charge < -0.3 is 15.0 Å². The van der Waals surface area contributed by atoms with Crippen molar-refractivity contribution in [2.24, 2.45) is 0 Å². The molecule has 0 heterocycles. The number of nitrogens with zero attached hydrogens (tertiary/aromatic N) is 1. The molecular weight excluding hydrogens is 322 g/mol. The maximum Gasteiger partial charge on any atom is 0.248 e. The van der Waals surface area contributed by atoms with Crippen molar-refractivity contribution >= 4 is 0 Å². The monoisotopic (exact) mass is 354 g/mol. The second kappa shape index (κ2) is 9.60. The van der Waals surface area contributed by atoms with Crippen LogP contribution in [0.1, 0.15) is 55.2 Å². The van der Waals surface area contributed by atoms with E-state index in [4.69, 9.17) is 4.74 Å². The highest BCUT2D eigenvalue weighted by molar-refractivity contribution is 5.38. The molecule has 0 atom stereocenters. The first kappa shape index (κ1) is 20.3. The highest BCUT2D eigenvalue weighted by atomic mass is 19.3. The van der Waals surface area contributed by atoms with Crippen LogP contribution in [0.25, 0.3) is 0 Å². The van der Waals surface area contributed by atoms with E-state index in [0.29, 0.717) is 26.1 Å². The lowest BCUT2D eigenvalue weighted by Gasteiger charge is -2.30. The summed E-state index contributed by atoms with van der Waals surface area (Å²) in [5.41, 5.74) is 3.64. The molecule has 2 rings (SSSR count). The average molecular weight is 354 g/mol. The Kier molecular flexibility index (Phi) is 7.79. The van der Waals surface area contributed by atoms with Gasteiger partial charge >= 0.3 is 0 Å². The minimum Gasteiger partial charge on any atom is -0.377 e. The molecule has 1 aliphatic carbocycles. The Morgan fingerprint density at radius 1 is 1.24 bits per heavy atom. The third kappa shape index (κ3) is 6.32. The molecule has 1 aromatic rings. The number of halogens is 2. The van der Waals surface area contributed by atoms with Crippen molar-refractivity contribution in [2.45, 2.75) is 57.6 Å².